The van der Waals surface area contributed by atoms with Crippen LogP contribution in [0.15, 0.2) is 80.0 Å². The Morgan fingerprint density at radius 2 is 1.94 bits per heavy atom. The molecule has 2 aromatic carbocycles. The molecular weight excluding hydrogens is 426 g/mol. The standard InChI is InChI=1S/C27H31N5O2/c1-5-7-11-26(33)29-22-9-8-10-23(18-22)30-27-28-15-14-24(31-27)20-12-13-25(34-4)21(17-20)19-32(3)16-6-2/h5-6,8-10,12-15,17-18H,1-2,7,11,16,19H2,3-4H3,(H,29,33)(H,28,30,31). The molecule has 0 radical (unpaired) electrons. The van der Waals surface area contributed by atoms with Crippen LogP contribution < -0.4 is 15.4 Å². The van der Waals surface area contributed by atoms with Crippen LogP contribution >= 0.6 is 0 Å². The highest BCUT2D eigenvalue weighted by Gasteiger charge is 2.10. The molecule has 3 aromatic rings. The molecule has 0 spiro atoms. The lowest BCUT2D eigenvalue weighted by molar-refractivity contribution is -0.116. The Kier molecular flexibility index (Phi) is 8.94. The minimum Gasteiger partial charge on any atom is -0.496 e. The van der Waals surface area contributed by atoms with Crippen molar-refractivity contribution in [1.29, 1.82) is 0 Å². The third-order valence-electron chi connectivity index (χ3n) is 5.09. The van der Waals surface area contributed by atoms with Crippen molar-refractivity contribution < 1.29 is 9.53 Å². The van der Waals surface area contributed by atoms with Gasteiger partial charge in [-0.05, 0) is 55.9 Å². The highest BCUT2D eigenvalue weighted by molar-refractivity contribution is 5.91. The number of likely N-dealkylation sites (N-methyl/N-ethyl adjacent to an activating group) is 1. The van der Waals surface area contributed by atoms with Gasteiger partial charge in [0.2, 0.25) is 11.9 Å². The molecule has 0 unspecified atom stereocenters. The minimum atomic E-state index is -0.0515. The van der Waals surface area contributed by atoms with E-state index in [1.807, 2.05) is 55.6 Å². The number of anilines is 3. The first-order chi connectivity index (χ1) is 16.5. The van der Waals surface area contributed by atoms with E-state index in [9.17, 15) is 4.79 Å². The van der Waals surface area contributed by atoms with Crippen LogP contribution in [-0.2, 0) is 11.3 Å². The van der Waals surface area contributed by atoms with E-state index in [-0.39, 0.29) is 5.91 Å². The van der Waals surface area contributed by atoms with Crippen LogP contribution in [0.4, 0.5) is 17.3 Å². The summed E-state index contributed by atoms with van der Waals surface area (Å²) in [6, 6.07) is 15.4. The first-order valence-electron chi connectivity index (χ1n) is 11.1. The molecular formula is C27H31N5O2. The van der Waals surface area contributed by atoms with Crippen molar-refractivity contribution in [3.8, 4) is 17.0 Å². The molecule has 0 saturated heterocycles. The Hall–Kier alpha value is -3.97. The summed E-state index contributed by atoms with van der Waals surface area (Å²) < 4.78 is 5.55. The zero-order valence-corrected chi connectivity index (χ0v) is 19.8. The fourth-order valence-corrected chi connectivity index (χ4v) is 3.48. The molecule has 34 heavy (non-hydrogen) atoms. The van der Waals surface area contributed by atoms with Gasteiger partial charge in [-0.3, -0.25) is 9.69 Å². The maximum atomic E-state index is 12.0. The molecule has 0 atom stereocenters. The highest BCUT2D eigenvalue weighted by Crippen LogP contribution is 2.27. The Morgan fingerprint density at radius 1 is 1.12 bits per heavy atom. The monoisotopic (exact) mass is 457 g/mol. The van der Waals surface area contributed by atoms with Crippen LogP contribution in [0.5, 0.6) is 5.75 Å². The van der Waals surface area contributed by atoms with E-state index < -0.39 is 0 Å². The molecule has 0 saturated carbocycles. The summed E-state index contributed by atoms with van der Waals surface area (Å²) in [6.45, 7) is 8.96. The van der Waals surface area contributed by atoms with Crippen LogP contribution in [0.2, 0.25) is 0 Å². The van der Waals surface area contributed by atoms with Gasteiger partial charge in [-0.25, -0.2) is 9.97 Å². The Bertz CT molecular complexity index is 1150. The first kappa shape index (κ1) is 24.7. The Labute approximate surface area is 201 Å². The van der Waals surface area contributed by atoms with Gasteiger partial charge >= 0.3 is 0 Å². The molecule has 1 aromatic heterocycles. The van der Waals surface area contributed by atoms with Gasteiger partial charge in [0.05, 0.1) is 12.8 Å². The maximum absolute atomic E-state index is 12.0. The molecule has 0 aliphatic heterocycles. The molecule has 7 nitrogen and oxygen atoms in total. The zero-order valence-electron chi connectivity index (χ0n) is 19.8. The largest absolute Gasteiger partial charge is 0.496 e. The van der Waals surface area contributed by atoms with E-state index in [0.29, 0.717) is 24.5 Å². The molecule has 1 heterocycles. The van der Waals surface area contributed by atoms with Gasteiger partial charge < -0.3 is 15.4 Å². The van der Waals surface area contributed by atoms with Crippen LogP contribution in [0.1, 0.15) is 18.4 Å². The topological polar surface area (TPSA) is 79.4 Å². The van der Waals surface area contributed by atoms with Crippen molar-refractivity contribution in [2.24, 2.45) is 0 Å². The Morgan fingerprint density at radius 3 is 2.71 bits per heavy atom. The van der Waals surface area contributed by atoms with Crippen LogP contribution in [0, 0.1) is 0 Å². The number of benzene rings is 2. The summed E-state index contributed by atoms with van der Waals surface area (Å²) in [4.78, 5) is 23.2. The predicted molar refractivity (Wildman–Crippen MR) is 138 cm³/mol. The van der Waals surface area contributed by atoms with Gasteiger partial charge in [-0.15, -0.1) is 13.2 Å². The van der Waals surface area contributed by atoms with Crippen molar-refractivity contribution in [3.05, 3.63) is 85.6 Å². The van der Waals surface area contributed by atoms with Crippen molar-refractivity contribution >= 4 is 23.2 Å². The SMILES string of the molecule is C=CCCC(=O)Nc1cccc(Nc2nccc(-c3ccc(OC)c(CN(C)CC=C)c3)n2)c1. The molecule has 176 valence electrons. The third kappa shape index (κ3) is 7.02. The molecule has 0 fully saturated rings. The normalized spacial score (nSPS) is 10.6. The van der Waals surface area contributed by atoms with Crippen LogP contribution in [0.3, 0.4) is 0 Å². The quantitative estimate of drug-likeness (QED) is 0.354. The summed E-state index contributed by atoms with van der Waals surface area (Å²) in [5.74, 6) is 1.25. The Balaban J connectivity index is 1.78. The number of nitrogens with one attached hydrogen (secondary N) is 2. The number of nitrogens with zero attached hydrogens (tertiary/aromatic N) is 3. The van der Waals surface area contributed by atoms with Crippen molar-refractivity contribution in [2.75, 3.05) is 31.3 Å². The lowest BCUT2D eigenvalue weighted by atomic mass is 10.1. The molecule has 0 bridgehead atoms. The van der Waals surface area contributed by atoms with Crippen molar-refractivity contribution in [1.82, 2.24) is 14.9 Å². The van der Waals surface area contributed by atoms with Gasteiger partial charge in [-0.2, -0.15) is 0 Å². The van der Waals surface area contributed by atoms with Gasteiger partial charge in [0.15, 0.2) is 0 Å². The zero-order chi connectivity index (χ0) is 24.3. The van der Waals surface area contributed by atoms with E-state index in [4.69, 9.17) is 9.72 Å². The number of rotatable bonds is 12. The number of carbonyl (C=O) groups is 1. The number of ether oxygens (including phenoxy) is 1. The molecule has 3 rings (SSSR count). The summed E-state index contributed by atoms with van der Waals surface area (Å²) >= 11 is 0. The lowest BCUT2D eigenvalue weighted by Crippen LogP contribution is -2.18. The lowest BCUT2D eigenvalue weighted by Gasteiger charge is -2.17. The van der Waals surface area contributed by atoms with E-state index in [2.05, 4.69) is 39.7 Å². The highest BCUT2D eigenvalue weighted by atomic mass is 16.5. The maximum Gasteiger partial charge on any atom is 0.227 e. The molecule has 0 aliphatic rings. The van der Waals surface area contributed by atoms with E-state index in [1.54, 1.807) is 19.4 Å². The fourth-order valence-electron chi connectivity index (χ4n) is 3.48. The average molecular weight is 458 g/mol. The van der Waals surface area contributed by atoms with E-state index in [0.717, 1.165) is 41.3 Å². The molecule has 7 heteroatoms. The second-order valence-electron chi connectivity index (χ2n) is 7.86. The van der Waals surface area contributed by atoms with Gasteiger partial charge in [0.25, 0.3) is 0 Å². The first-order valence-corrected chi connectivity index (χ1v) is 11.1. The second kappa shape index (κ2) is 12.3. The number of hydrogen-bond donors (Lipinski definition) is 2. The third-order valence-corrected chi connectivity index (χ3v) is 5.09. The minimum absolute atomic E-state index is 0.0515. The van der Waals surface area contributed by atoms with Crippen LogP contribution in [0.25, 0.3) is 11.3 Å². The smallest absolute Gasteiger partial charge is 0.227 e. The summed E-state index contributed by atoms with van der Waals surface area (Å²) in [7, 11) is 3.71. The van der Waals surface area contributed by atoms with E-state index in [1.165, 1.54) is 0 Å². The van der Waals surface area contributed by atoms with Gasteiger partial charge in [-0.1, -0.05) is 18.2 Å². The predicted octanol–water partition coefficient (Wildman–Crippen LogP) is 5.42. The number of amides is 1. The number of aromatic nitrogens is 2. The molecule has 1 amide bonds. The average Bonchev–Trinajstić information content (AvgIpc) is 2.83. The number of carbonyl (C=O) groups excluding carboxylic acids is 1. The number of methoxy groups -OCH3 is 1. The van der Waals surface area contributed by atoms with Gasteiger partial charge in [0.1, 0.15) is 5.75 Å². The summed E-state index contributed by atoms with van der Waals surface area (Å²) in [5, 5.41) is 6.12. The molecule has 0 aliphatic carbocycles. The number of hydrogen-bond acceptors (Lipinski definition) is 6. The fraction of sp³-hybridized carbons (Fsp3) is 0.222. The van der Waals surface area contributed by atoms with Crippen molar-refractivity contribution in [3.63, 3.8) is 0 Å². The van der Waals surface area contributed by atoms with E-state index >= 15 is 0 Å². The second-order valence-corrected chi connectivity index (χ2v) is 7.86. The van der Waals surface area contributed by atoms with Crippen molar-refractivity contribution in [2.45, 2.75) is 19.4 Å². The summed E-state index contributed by atoms with van der Waals surface area (Å²) in [6.07, 6.45) is 6.37. The van der Waals surface area contributed by atoms with Crippen LogP contribution in [-0.4, -0.2) is 41.5 Å². The number of allylic oxidation sites excluding steroid dienone is 1. The van der Waals surface area contributed by atoms with Gasteiger partial charge in [0, 0.05) is 48.2 Å². The molecule has 2 N–H and O–H groups in total. The summed E-state index contributed by atoms with van der Waals surface area (Å²) in [5.41, 5.74) is 4.31.